The van der Waals surface area contributed by atoms with Crippen LogP contribution >= 0.6 is 0 Å². The highest BCUT2D eigenvalue weighted by atomic mass is 16.5. The van der Waals surface area contributed by atoms with E-state index in [0.717, 1.165) is 28.0 Å². The number of urea groups is 1. The van der Waals surface area contributed by atoms with Crippen molar-refractivity contribution in [2.45, 2.75) is 6.92 Å². The van der Waals surface area contributed by atoms with Gasteiger partial charge in [-0.05, 0) is 36.8 Å². The van der Waals surface area contributed by atoms with E-state index in [2.05, 4.69) is 20.9 Å². The van der Waals surface area contributed by atoms with Gasteiger partial charge in [0.1, 0.15) is 18.2 Å². The minimum absolute atomic E-state index is 0.211. The molecule has 3 N–H and O–H groups in total. The molecule has 2 amide bonds. The van der Waals surface area contributed by atoms with Gasteiger partial charge in [-0.25, -0.2) is 9.78 Å². The number of aryl methyl sites for hydroxylation is 1. The maximum atomic E-state index is 11.8. The summed E-state index contributed by atoms with van der Waals surface area (Å²) in [5, 5.41) is 9.89. The smallest absolute Gasteiger partial charge is 0.314 e. The second-order valence-corrected chi connectivity index (χ2v) is 6.11. The van der Waals surface area contributed by atoms with E-state index in [0.29, 0.717) is 26.2 Å². The predicted molar refractivity (Wildman–Crippen MR) is 108 cm³/mol. The van der Waals surface area contributed by atoms with Crippen LogP contribution in [0.1, 0.15) is 5.56 Å². The van der Waals surface area contributed by atoms with Crippen LogP contribution in [0.4, 0.5) is 10.6 Å². The molecular formula is C21H24N4O2. The van der Waals surface area contributed by atoms with Crippen LogP contribution in [0, 0.1) is 6.92 Å². The summed E-state index contributed by atoms with van der Waals surface area (Å²) in [5.41, 5.74) is 2.03. The van der Waals surface area contributed by atoms with Crippen molar-refractivity contribution in [1.82, 2.24) is 15.6 Å². The number of fused-ring (bicyclic) bond motifs is 1. The largest absolute Gasteiger partial charge is 0.491 e. The summed E-state index contributed by atoms with van der Waals surface area (Å²) in [6, 6.07) is 19.5. The average molecular weight is 364 g/mol. The quantitative estimate of drug-likeness (QED) is 0.536. The highest BCUT2D eigenvalue weighted by Gasteiger charge is 2.01. The van der Waals surface area contributed by atoms with E-state index >= 15 is 0 Å². The van der Waals surface area contributed by atoms with Gasteiger partial charge in [0.25, 0.3) is 0 Å². The fraction of sp³-hybridized carbons (Fsp3) is 0.238. The van der Waals surface area contributed by atoms with Crippen LogP contribution in [-0.2, 0) is 0 Å². The number of para-hydroxylation sites is 2. The lowest BCUT2D eigenvalue weighted by molar-refractivity contribution is 0.236. The molecule has 1 aromatic heterocycles. The average Bonchev–Trinajstić information content (AvgIpc) is 2.70. The molecule has 0 aliphatic carbocycles. The number of aromatic nitrogens is 1. The molecule has 0 radical (unpaired) electrons. The molecule has 3 aromatic rings. The van der Waals surface area contributed by atoms with Crippen molar-refractivity contribution in [3.05, 3.63) is 66.2 Å². The molecule has 0 spiro atoms. The number of anilines is 1. The molecule has 140 valence electrons. The van der Waals surface area contributed by atoms with Crippen molar-refractivity contribution in [3.8, 4) is 5.75 Å². The van der Waals surface area contributed by atoms with E-state index in [1.54, 1.807) is 0 Å². The van der Waals surface area contributed by atoms with Gasteiger partial charge in [-0.1, -0.05) is 36.4 Å². The summed E-state index contributed by atoms with van der Waals surface area (Å²) in [7, 11) is 0. The van der Waals surface area contributed by atoms with Crippen LogP contribution in [0.5, 0.6) is 5.75 Å². The lowest BCUT2D eigenvalue weighted by Crippen LogP contribution is -2.39. The fourth-order valence-corrected chi connectivity index (χ4v) is 2.64. The summed E-state index contributed by atoms with van der Waals surface area (Å²) in [4.78, 5) is 16.3. The Hall–Kier alpha value is -3.28. The lowest BCUT2D eigenvalue weighted by atomic mass is 10.2. The highest BCUT2D eigenvalue weighted by molar-refractivity contribution is 5.80. The Bertz CT molecular complexity index is 898. The standard InChI is InChI=1S/C21H24N4O2/c1-16-6-2-5-9-19(16)27-15-14-24-21(26)23-13-12-22-20-11-10-17-7-3-4-8-18(17)25-20/h2-11H,12-15H2,1H3,(H,22,25)(H2,23,24,26). The van der Waals surface area contributed by atoms with Crippen molar-refractivity contribution in [2.24, 2.45) is 0 Å². The summed E-state index contributed by atoms with van der Waals surface area (Å²) < 4.78 is 5.64. The van der Waals surface area contributed by atoms with Crippen molar-refractivity contribution in [2.75, 3.05) is 31.6 Å². The molecule has 0 fully saturated rings. The van der Waals surface area contributed by atoms with Gasteiger partial charge >= 0.3 is 6.03 Å². The topological polar surface area (TPSA) is 75.3 Å². The number of hydrogen-bond donors (Lipinski definition) is 3. The minimum atomic E-state index is -0.211. The van der Waals surface area contributed by atoms with Crippen molar-refractivity contribution in [3.63, 3.8) is 0 Å². The van der Waals surface area contributed by atoms with Crippen LogP contribution in [0.3, 0.4) is 0 Å². The lowest BCUT2D eigenvalue weighted by Gasteiger charge is -2.11. The minimum Gasteiger partial charge on any atom is -0.491 e. The van der Waals surface area contributed by atoms with Gasteiger partial charge in [-0.3, -0.25) is 0 Å². The third-order valence-electron chi connectivity index (χ3n) is 4.05. The van der Waals surface area contributed by atoms with Crippen LogP contribution in [0.2, 0.25) is 0 Å². The molecule has 2 aromatic carbocycles. The zero-order valence-corrected chi connectivity index (χ0v) is 15.4. The Balaban J connectivity index is 1.30. The van der Waals surface area contributed by atoms with E-state index < -0.39 is 0 Å². The summed E-state index contributed by atoms with van der Waals surface area (Å²) in [6.45, 7) is 3.96. The molecule has 0 saturated carbocycles. The van der Waals surface area contributed by atoms with E-state index in [4.69, 9.17) is 4.74 Å². The summed E-state index contributed by atoms with van der Waals surface area (Å²) >= 11 is 0. The fourth-order valence-electron chi connectivity index (χ4n) is 2.64. The second kappa shape index (κ2) is 9.43. The molecule has 27 heavy (non-hydrogen) atoms. The van der Waals surface area contributed by atoms with Crippen LogP contribution in [0.25, 0.3) is 10.9 Å². The highest BCUT2D eigenvalue weighted by Crippen LogP contribution is 2.15. The first-order valence-electron chi connectivity index (χ1n) is 9.02. The molecule has 0 bridgehead atoms. The van der Waals surface area contributed by atoms with Gasteiger partial charge in [0, 0.05) is 18.5 Å². The third kappa shape index (κ3) is 5.60. The number of hydrogen-bond acceptors (Lipinski definition) is 4. The van der Waals surface area contributed by atoms with E-state index in [1.165, 1.54) is 0 Å². The number of amides is 2. The van der Waals surface area contributed by atoms with Gasteiger partial charge < -0.3 is 20.7 Å². The van der Waals surface area contributed by atoms with E-state index in [9.17, 15) is 4.79 Å². The number of pyridine rings is 1. The molecule has 1 heterocycles. The second-order valence-electron chi connectivity index (χ2n) is 6.11. The number of carbonyl (C=O) groups excluding carboxylic acids is 1. The SMILES string of the molecule is Cc1ccccc1OCCNC(=O)NCCNc1ccc2ccccc2n1. The Morgan fingerprint density at radius 2 is 1.70 bits per heavy atom. The molecule has 0 aliphatic rings. The molecule has 0 unspecified atom stereocenters. The first-order valence-corrected chi connectivity index (χ1v) is 9.02. The first-order chi connectivity index (χ1) is 13.2. The molecule has 3 rings (SSSR count). The normalized spacial score (nSPS) is 10.4. The number of nitrogens with one attached hydrogen (secondary N) is 3. The third-order valence-corrected chi connectivity index (χ3v) is 4.05. The first kappa shape index (κ1) is 18.5. The molecular weight excluding hydrogens is 340 g/mol. The van der Waals surface area contributed by atoms with Gasteiger partial charge in [-0.2, -0.15) is 0 Å². The Morgan fingerprint density at radius 3 is 2.59 bits per heavy atom. The number of benzene rings is 2. The summed E-state index contributed by atoms with van der Waals surface area (Å²) in [6.07, 6.45) is 0. The van der Waals surface area contributed by atoms with E-state index in [1.807, 2.05) is 67.6 Å². The molecule has 6 heteroatoms. The molecule has 0 aliphatic heterocycles. The molecule has 0 saturated heterocycles. The maximum absolute atomic E-state index is 11.8. The Morgan fingerprint density at radius 1 is 0.926 bits per heavy atom. The monoisotopic (exact) mass is 364 g/mol. The Kier molecular flexibility index (Phi) is 6.46. The van der Waals surface area contributed by atoms with Crippen LogP contribution < -0.4 is 20.7 Å². The van der Waals surface area contributed by atoms with Gasteiger partial charge in [0.15, 0.2) is 0 Å². The molecule has 6 nitrogen and oxygen atoms in total. The number of carbonyl (C=O) groups is 1. The zero-order chi connectivity index (χ0) is 18.9. The molecule has 0 atom stereocenters. The van der Waals surface area contributed by atoms with E-state index in [-0.39, 0.29) is 6.03 Å². The Labute approximate surface area is 159 Å². The van der Waals surface area contributed by atoms with Gasteiger partial charge in [-0.15, -0.1) is 0 Å². The number of nitrogens with zero attached hydrogens (tertiary/aromatic N) is 1. The van der Waals surface area contributed by atoms with Crippen molar-refractivity contribution in [1.29, 1.82) is 0 Å². The maximum Gasteiger partial charge on any atom is 0.314 e. The number of ether oxygens (including phenoxy) is 1. The zero-order valence-electron chi connectivity index (χ0n) is 15.4. The predicted octanol–water partition coefficient (Wildman–Crippen LogP) is 3.33. The van der Waals surface area contributed by atoms with Gasteiger partial charge in [0.2, 0.25) is 0 Å². The van der Waals surface area contributed by atoms with Gasteiger partial charge in [0.05, 0.1) is 12.1 Å². The van der Waals surface area contributed by atoms with Crippen LogP contribution in [0.15, 0.2) is 60.7 Å². The van der Waals surface area contributed by atoms with Crippen LogP contribution in [-0.4, -0.2) is 37.3 Å². The number of rotatable bonds is 8. The summed E-state index contributed by atoms with van der Waals surface area (Å²) in [5.74, 6) is 1.63. The van der Waals surface area contributed by atoms with Crippen molar-refractivity contribution >= 4 is 22.8 Å². The van der Waals surface area contributed by atoms with Crippen molar-refractivity contribution < 1.29 is 9.53 Å².